The summed E-state index contributed by atoms with van der Waals surface area (Å²) in [4.78, 5) is 15.1. The van der Waals surface area contributed by atoms with Gasteiger partial charge in [0.2, 0.25) is 0 Å². The molecule has 1 aliphatic rings. The van der Waals surface area contributed by atoms with E-state index in [1.807, 2.05) is 23.2 Å². The molecule has 5 heteroatoms. The lowest BCUT2D eigenvalue weighted by atomic mass is 10.1. The molecule has 0 N–H and O–H groups in total. The van der Waals surface area contributed by atoms with Gasteiger partial charge in [-0.2, -0.15) is 0 Å². The minimum atomic E-state index is -0.176. The lowest BCUT2D eigenvalue weighted by molar-refractivity contribution is 0.109. The summed E-state index contributed by atoms with van der Waals surface area (Å²) in [6.07, 6.45) is 3.86. The fourth-order valence-electron chi connectivity index (χ4n) is 2.90. The van der Waals surface area contributed by atoms with Gasteiger partial charge < -0.3 is 14.2 Å². The number of carbonyl (C=O) groups is 1. The van der Waals surface area contributed by atoms with Crippen LogP contribution in [0.2, 0.25) is 0 Å². The lowest BCUT2D eigenvalue weighted by Crippen LogP contribution is -2.33. The Morgan fingerprint density at radius 2 is 2.15 bits per heavy atom. The van der Waals surface area contributed by atoms with Crippen LogP contribution < -0.4 is 0 Å². The van der Waals surface area contributed by atoms with Crippen molar-refractivity contribution in [1.29, 1.82) is 0 Å². The standard InChI is InChI=1S/C15H20N2O2S/c1-3-16-9-7-13-14(16)11-5-8-17(15(18)19-4-2)10-6-12(11)20-13/h7,9H,3-6,8,10H2,1-2H3. The van der Waals surface area contributed by atoms with Crippen LogP contribution in [0.4, 0.5) is 4.79 Å². The van der Waals surface area contributed by atoms with Crippen LogP contribution in [0.25, 0.3) is 10.2 Å². The first kappa shape index (κ1) is 13.5. The highest BCUT2D eigenvalue weighted by atomic mass is 32.1. The summed E-state index contributed by atoms with van der Waals surface area (Å²) < 4.78 is 8.80. The fourth-order valence-corrected chi connectivity index (χ4v) is 4.15. The molecule has 3 heterocycles. The molecule has 0 atom stereocenters. The maximum absolute atomic E-state index is 11.9. The number of amides is 1. The van der Waals surface area contributed by atoms with E-state index in [0.717, 1.165) is 32.5 Å². The molecule has 2 aromatic heterocycles. The molecule has 0 spiro atoms. The van der Waals surface area contributed by atoms with Gasteiger partial charge in [-0.25, -0.2) is 4.79 Å². The van der Waals surface area contributed by atoms with Gasteiger partial charge in [0.1, 0.15) is 0 Å². The third-order valence-electron chi connectivity index (χ3n) is 3.89. The topological polar surface area (TPSA) is 34.5 Å². The Kier molecular flexibility index (Phi) is 3.70. The molecule has 0 bridgehead atoms. The highest BCUT2D eigenvalue weighted by Crippen LogP contribution is 2.34. The third-order valence-corrected chi connectivity index (χ3v) is 5.14. The molecular formula is C15H20N2O2S. The SMILES string of the molecule is CCOC(=O)N1CCc2sc3ccn(CC)c3c2CC1. The van der Waals surface area contributed by atoms with Gasteiger partial charge in [-0.1, -0.05) is 0 Å². The second-order valence-corrected chi connectivity index (χ2v) is 6.14. The van der Waals surface area contributed by atoms with Crippen molar-refractivity contribution in [1.82, 2.24) is 9.47 Å². The summed E-state index contributed by atoms with van der Waals surface area (Å²) in [5.74, 6) is 0. The number of aromatic nitrogens is 1. The molecule has 3 rings (SSSR count). The van der Waals surface area contributed by atoms with Crippen LogP contribution in [-0.4, -0.2) is 35.3 Å². The van der Waals surface area contributed by atoms with E-state index in [4.69, 9.17) is 4.74 Å². The Morgan fingerprint density at radius 1 is 1.35 bits per heavy atom. The molecule has 0 saturated carbocycles. The van der Waals surface area contributed by atoms with Crippen molar-refractivity contribution < 1.29 is 9.53 Å². The van der Waals surface area contributed by atoms with Gasteiger partial charge in [0.15, 0.2) is 0 Å². The molecule has 0 saturated heterocycles. The summed E-state index contributed by atoms with van der Waals surface area (Å²) in [5.41, 5.74) is 2.81. The van der Waals surface area contributed by atoms with Gasteiger partial charge in [0.25, 0.3) is 0 Å². The lowest BCUT2D eigenvalue weighted by Gasteiger charge is -2.19. The zero-order valence-corrected chi connectivity index (χ0v) is 12.8. The summed E-state index contributed by atoms with van der Waals surface area (Å²) in [7, 11) is 0. The van der Waals surface area contributed by atoms with Gasteiger partial charge in [-0.15, -0.1) is 11.3 Å². The number of aryl methyl sites for hydroxylation is 1. The van der Waals surface area contributed by atoms with Crippen molar-refractivity contribution in [3.63, 3.8) is 0 Å². The number of ether oxygens (including phenoxy) is 1. The van der Waals surface area contributed by atoms with Crippen LogP contribution in [-0.2, 0) is 24.1 Å². The summed E-state index contributed by atoms with van der Waals surface area (Å²) in [6.45, 7) is 6.98. The van der Waals surface area contributed by atoms with Gasteiger partial charge in [0, 0.05) is 30.7 Å². The molecule has 0 fully saturated rings. The quantitative estimate of drug-likeness (QED) is 0.851. The first-order chi connectivity index (χ1) is 9.74. The average Bonchev–Trinajstić information content (AvgIpc) is 2.92. The van der Waals surface area contributed by atoms with Crippen LogP contribution in [0.5, 0.6) is 0 Å². The average molecular weight is 292 g/mol. The van der Waals surface area contributed by atoms with E-state index in [0.29, 0.717) is 6.61 Å². The van der Waals surface area contributed by atoms with Crippen LogP contribution in [0.1, 0.15) is 24.3 Å². The molecular weight excluding hydrogens is 272 g/mol. The molecule has 108 valence electrons. The molecule has 0 radical (unpaired) electrons. The van der Waals surface area contributed by atoms with Gasteiger partial charge >= 0.3 is 6.09 Å². The first-order valence-corrected chi connectivity index (χ1v) is 8.07. The van der Waals surface area contributed by atoms with Crippen LogP contribution in [0.15, 0.2) is 12.3 Å². The maximum Gasteiger partial charge on any atom is 0.409 e. The van der Waals surface area contributed by atoms with Crippen molar-refractivity contribution in [2.24, 2.45) is 0 Å². The molecule has 1 amide bonds. The number of nitrogens with zero attached hydrogens (tertiary/aromatic N) is 2. The highest BCUT2D eigenvalue weighted by molar-refractivity contribution is 7.19. The Bertz CT molecular complexity index is 629. The second-order valence-electron chi connectivity index (χ2n) is 5.00. The largest absolute Gasteiger partial charge is 0.450 e. The van der Waals surface area contributed by atoms with Crippen LogP contribution in [0.3, 0.4) is 0 Å². The number of rotatable bonds is 2. The van der Waals surface area contributed by atoms with Crippen LogP contribution in [0, 0.1) is 0 Å². The molecule has 0 aromatic carbocycles. The number of fused-ring (bicyclic) bond motifs is 3. The van der Waals surface area contributed by atoms with Gasteiger partial charge in [-0.3, -0.25) is 0 Å². The van der Waals surface area contributed by atoms with Crippen LogP contribution >= 0.6 is 11.3 Å². The van der Waals surface area contributed by atoms with E-state index in [1.54, 1.807) is 0 Å². The Balaban J connectivity index is 1.87. The monoisotopic (exact) mass is 292 g/mol. The van der Waals surface area contributed by atoms with E-state index < -0.39 is 0 Å². The molecule has 0 unspecified atom stereocenters. The zero-order valence-electron chi connectivity index (χ0n) is 12.0. The predicted molar refractivity (Wildman–Crippen MR) is 81.5 cm³/mol. The van der Waals surface area contributed by atoms with Crippen molar-refractivity contribution in [2.45, 2.75) is 33.2 Å². The Labute approximate surface area is 122 Å². The van der Waals surface area contributed by atoms with E-state index >= 15 is 0 Å². The van der Waals surface area contributed by atoms with E-state index in [-0.39, 0.29) is 6.09 Å². The summed E-state index contributed by atoms with van der Waals surface area (Å²) >= 11 is 1.88. The van der Waals surface area contributed by atoms with Crippen molar-refractivity contribution in [2.75, 3.05) is 19.7 Å². The summed E-state index contributed by atoms with van der Waals surface area (Å²) in [6, 6.07) is 2.21. The van der Waals surface area contributed by atoms with Crippen molar-refractivity contribution in [3.05, 3.63) is 22.7 Å². The van der Waals surface area contributed by atoms with E-state index in [1.165, 1.54) is 20.7 Å². The van der Waals surface area contributed by atoms with E-state index in [2.05, 4.69) is 23.8 Å². The Morgan fingerprint density at radius 3 is 2.90 bits per heavy atom. The minimum absolute atomic E-state index is 0.176. The van der Waals surface area contributed by atoms with E-state index in [9.17, 15) is 4.79 Å². The molecule has 2 aromatic rings. The Hall–Kier alpha value is -1.49. The predicted octanol–water partition coefficient (Wildman–Crippen LogP) is 3.28. The first-order valence-electron chi connectivity index (χ1n) is 7.25. The molecule has 20 heavy (non-hydrogen) atoms. The molecule has 0 aliphatic carbocycles. The third kappa shape index (κ3) is 2.20. The van der Waals surface area contributed by atoms with Gasteiger partial charge in [-0.05, 0) is 38.3 Å². The number of carbonyl (C=O) groups excluding carboxylic acids is 1. The number of hydrogen-bond donors (Lipinski definition) is 0. The fraction of sp³-hybridized carbons (Fsp3) is 0.533. The minimum Gasteiger partial charge on any atom is -0.450 e. The zero-order chi connectivity index (χ0) is 14.1. The normalized spacial score (nSPS) is 15.2. The second kappa shape index (κ2) is 5.48. The number of thiophene rings is 1. The van der Waals surface area contributed by atoms with Crippen molar-refractivity contribution >= 4 is 27.6 Å². The number of hydrogen-bond acceptors (Lipinski definition) is 3. The highest BCUT2D eigenvalue weighted by Gasteiger charge is 2.23. The van der Waals surface area contributed by atoms with Crippen molar-refractivity contribution in [3.8, 4) is 0 Å². The molecule has 1 aliphatic heterocycles. The maximum atomic E-state index is 11.9. The smallest absolute Gasteiger partial charge is 0.409 e. The van der Waals surface area contributed by atoms with Gasteiger partial charge in [0.05, 0.1) is 16.8 Å². The summed E-state index contributed by atoms with van der Waals surface area (Å²) in [5, 5.41) is 0. The molecule has 4 nitrogen and oxygen atoms in total.